The SMILES string of the molecule is Cc1cnc(CNC(=O)Cn2ccc([C@H]3CCCNC3)n2)cn1. The third-order valence-corrected chi connectivity index (χ3v) is 3.98. The highest BCUT2D eigenvalue weighted by atomic mass is 16.2. The minimum Gasteiger partial charge on any atom is -0.349 e. The molecule has 0 bridgehead atoms. The summed E-state index contributed by atoms with van der Waals surface area (Å²) in [5, 5.41) is 10.8. The van der Waals surface area contributed by atoms with Gasteiger partial charge in [-0.3, -0.25) is 19.4 Å². The monoisotopic (exact) mass is 314 g/mol. The number of hydrogen-bond donors (Lipinski definition) is 2. The minimum atomic E-state index is -0.0798. The molecule has 0 unspecified atom stereocenters. The Morgan fingerprint density at radius 2 is 2.35 bits per heavy atom. The van der Waals surface area contributed by atoms with Gasteiger partial charge >= 0.3 is 0 Å². The Hall–Kier alpha value is -2.28. The molecule has 3 rings (SSSR count). The summed E-state index contributed by atoms with van der Waals surface area (Å²) in [6.45, 7) is 4.54. The van der Waals surface area contributed by atoms with Gasteiger partial charge in [-0.05, 0) is 32.4 Å². The van der Waals surface area contributed by atoms with Crippen molar-refractivity contribution in [2.75, 3.05) is 13.1 Å². The lowest BCUT2D eigenvalue weighted by molar-refractivity contribution is -0.122. The fourth-order valence-electron chi connectivity index (χ4n) is 2.69. The first-order valence-corrected chi connectivity index (χ1v) is 7.99. The predicted molar refractivity (Wildman–Crippen MR) is 85.7 cm³/mol. The van der Waals surface area contributed by atoms with Crippen molar-refractivity contribution in [3.05, 3.63) is 41.7 Å². The first-order valence-electron chi connectivity index (χ1n) is 7.99. The maximum absolute atomic E-state index is 12.0. The van der Waals surface area contributed by atoms with Crippen LogP contribution < -0.4 is 10.6 Å². The zero-order valence-corrected chi connectivity index (χ0v) is 13.3. The van der Waals surface area contributed by atoms with Crippen molar-refractivity contribution >= 4 is 5.91 Å². The maximum Gasteiger partial charge on any atom is 0.242 e. The molecular formula is C16H22N6O. The minimum absolute atomic E-state index is 0.0798. The fourth-order valence-corrected chi connectivity index (χ4v) is 2.69. The zero-order chi connectivity index (χ0) is 16.1. The van der Waals surface area contributed by atoms with Crippen LogP contribution in [0.4, 0.5) is 0 Å². The number of piperidine rings is 1. The Morgan fingerprint density at radius 1 is 1.43 bits per heavy atom. The molecular weight excluding hydrogens is 292 g/mol. The molecule has 122 valence electrons. The van der Waals surface area contributed by atoms with Gasteiger partial charge in [-0.2, -0.15) is 5.10 Å². The normalized spacial score (nSPS) is 17.9. The molecule has 1 aliphatic rings. The van der Waals surface area contributed by atoms with Crippen molar-refractivity contribution in [2.24, 2.45) is 0 Å². The molecule has 3 heterocycles. The van der Waals surface area contributed by atoms with Crippen LogP contribution in [0.5, 0.6) is 0 Å². The van der Waals surface area contributed by atoms with Crippen molar-refractivity contribution in [1.29, 1.82) is 0 Å². The van der Waals surface area contributed by atoms with Crippen molar-refractivity contribution in [1.82, 2.24) is 30.4 Å². The van der Waals surface area contributed by atoms with Crippen LogP contribution in [0.3, 0.4) is 0 Å². The molecule has 0 radical (unpaired) electrons. The summed E-state index contributed by atoms with van der Waals surface area (Å²) in [5.41, 5.74) is 2.68. The van der Waals surface area contributed by atoms with Gasteiger partial charge in [0.1, 0.15) is 6.54 Å². The van der Waals surface area contributed by atoms with E-state index in [0.717, 1.165) is 36.6 Å². The lowest BCUT2D eigenvalue weighted by Crippen LogP contribution is -2.29. The number of rotatable bonds is 5. The van der Waals surface area contributed by atoms with Crippen molar-refractivity contribution in [3.63, 3.8) is 0 Å². The van der Waals surface area contributed by atoms with Gasteiger partial charge in [-0.15, -0.1) is 0 Å². The Labute approximate surface area is 135 Å². The van der Waals surface area contributed by atoms with Gasteiger partial charge < -0.3 is 10.6 Å². The average molecular weight is 314 g/mol. The molecule has 1 aliphatic heterocycles. The number of amides is 1. The first kappa shape index (κ1) is 15.6. The Kier molecular flexibility index (Phi) is 4.97. The fraction of sp³-hybridized carbons (Fsp3) is 0.500. The molecule has 2 aromatic rings. The second-order valence-corrected chi connectivity index (χ2v) is 5.91. The maximum atomic E-state index is 12.0. The van der Waals surface area contributed by atoms with Crippen molar-refractivity contribution in [2.45, 2.75) is 38.8 Å². The van der Waals surface area contributed by atoms with Crippen LogP contribution >= 0.6 is 0 Å². The smallest absolute Gasteiger partial charge is 0.242 e. The number of nitrogens with one attached hydrogen (secondary N) is 2. The average Bonchev–Trinajstić information content (AvgIpc) is 3.04. The Morgan fingerprint density at radius 3 is 3.09 bits per heavy atom. The molecule has 1 amide bonds. The quantitative estimate of drug-likeness (QED) is 0.851. The van der Waals surface area contributed by atoms with E-state index in [4.69, 9.17) is 0 Å². The summed E-state index contributed by atoms with van der Waals surface area (Å²) < 4.78 is 1.69. The number of nitrogens with zero attached hydrogens (tertiary/aromatic N) is 4. The van der Waals surface area contributed by atoms with E-state index in [1.54, 1.807) is 17.1 Å². The van der Waals surface area contributed by atoms with E-state index in [1.807, 2.05) is 19.2 Å². The van der Waals surface area contributed by atoms with Crippen molar-refractivity contribution < 1.29 is 4.79 Å². The number of aromatic nitrogens is 4. The van der Waals surface area contributed by atoms with Gasteiger partial charge in [0.05, 0.1) is 29.8 Å². The van der Waals surface area contributed by atoms with Gasteiger partial charge in [0.15, 0.2) is 0 Å². The summed E-state index contributed by atoms with van der Waals surface area (Å²) in [4.78, 5) is 20.4. The van der Waals surface area contributed by atoms with E-state index in [2.05, 4.69) is 25.7 Å². The van der Waals surface area contributed by atoms with Crippen LogP contribution in [0.2, 0.25) is 0 Å². The third kappa shape index (κ3) is 4.35. The topological polar surface area (TPSA) is 84.7 Å². The zero-order valence-electron chi connectivity index (χ0n) is 13.3. The van der Waals surface area contributed by atoms with E-state index in [0.29, 0.717) is 12.5 Å². The molecule has 0 aromatic carbocycles. The summed E-state index contributed by atoms with van der Waals surface area (Å²) in [7, 11) is 0. The van der Waals surface area contributed by atoms with Crippen molar-refractivity contribution in [3.8, 4) is 0 Å². The highest BCUT2D eigenvalue weighted by Gasteiger charge is 2.17. The second-order valence-electron chi connectivity index (χ2n) is 5.91. The number of hydrogen-bond acceptors (Lipinski definition) is 5. The summed E-state index contributed by atoms with van der Waals surface area (Å²) in [6.07, 6.45) is 7.57. The van der Waals surface area contributed by atoms with Crippen LogP contribution in [0, 0.1) is 6.92 Å². The van der Waals surface area contributed by atoms with Gasteiger partial charge in [0.2, 0.25) is 5.91 Å². The lowest BCUT2D eigenvalue weighted by Gasteiger charge is -2.20. The molecule has 1 atom stereocenters. The summed E-state index contributed by atoms with van der Waals surface area (Å²) >= 11 is 0. The molecule has 0 spiro atoms. The van der Waals surface area contributed by atoms with Crippen LogP contribution in [-0.4, -0.2) is 38.7 Å². The molecule has 23 heavy (non-hydrogen) atoms. The van der Waals surface area contributed by atoms with Crippen LogP contribution in [0.25, 0.3) is 0 Å². The van der Waals surface area contributed by atoms with Gasteiger partial charge in [0.25, 0.3) is 0 Å². The van der Waals surface area contributed by atoms with Gasteiger partial charge in [-0.25, -0.2) is 0 Å². The molecule has 2 aromatic heterocycles. The van der Waals surface area contributed by atoms with E-state index in [9.17, 15) is 4.79 Å². The van der Waals surface area contributed by atoms with Crippen LogP contribution in [-0.2, 0) is 17.9 Å². The molecule has 0 aliphatic carbocycles. The third-order valence-electron chi connectivity index (χ3n) is 3.98. The standard InChI is InChI=1S/C16H22N6O/c1-12-7-19-14(9-18-12)10-20-16(23)11-22-6-4-15(21-22)13-3-2-5-17-8-13/h4,6-7,9,13,17H,2-3,5,8,10-11H2,1H3,(H,20,23)/t13-/m0/s1. The number of carbonyl (C=O) groups is 1. The van der Waals surface area contributed by atoms with E-state index >= 15 is 0 Å². The predicted octanol–water partition coefficient (Wildman–Crippen LogP) is 0.765. The second kappa shape index (κ2) is 7.32. The molecule has 1 fully saturated rings. The lowest BCUT2D eigenvalue weighted by atomic mass is 9.97. The molecule has 0 saturated carbocycles. The molecule has 2 N–H and O–H groups in total. The number of carbonyl (C=O) groups excluding carboxylic acids is 1. The van der Waals surface area contributed by atoms with Gasteiger partial charge in [0, 0.05) is 24.9 Å². The molecule has 7 nitrogen and oxygen atoms in total. The Balaban J connectivity index is 1.49. The molecule has 1 saturated heterocycles. The largest absolute Gasteiger partial charge is 0.349 e. The molecule has 7 heteroatoms. The van der Waals surface area contributed by atoms with Crippen LogP contribution in [0.15, 0.2) is 24.7 Å². The summed E-state index contributed by atoms with van der Waals surface area (Å²) in [5.74, 6) is 0.375. The van der Waals surface area contributed by atoms with E-state index < -0.39 is 0 Å². The van der Waals surface area contributed by atoms with E-state index in [-0.39, 0.29) is 12.5 Å². The van der Waals surface area contributed by atoms with Gasteiger partial charge in [-0.1, -0.05) is 0 Å². The highest BCUT2D eigenvalue weighted by Crippen LogP contribution is 2.21. The first-order chi connectivity index (χ1) is 11.2. The Bertz CT molecular complexity index is 645. The highest BCUT2D eigenvalue weighted by molar-refractivity contribution is 5.75. The van der Waals surface area contributed by atoms with E-state index in [1.165, 1.54) is 6.42 Å². The number of aryl methyl sites for hydroxylation is 1. The van der Waals surface area contributed by atoms with Crippen LogP contribution in [0.1, 0.15) is 35.8 Å². The summed E-state index contributed by atoms with van der Waals surface area (Å²) in [6, 6.07) is 2.01.